The highest BCUT2D eigenvalue weighted by Gasteiger charge is 2.36. The fraction of sp³-hybridized carbons (Fsp3) is 0.182. The quantitative estimate of drug-likeness (QED) is 0.661. The van der Waals surface area contributed by atoms with Crippen molar-refractivity contribution in [2.24, 2.45) is 0 Å². The van der Waals surface area contributed by atoms with Crippen molar-refractivity contribution in [2.45, 2.75) is 20.4 Å². The van der Waals surface area contributed by atoms with Crippen molar-refractivity contribution in [1.82, 2.24) is 15.2 Å². The Labute approximate surface area is 172 Å². The number of aryl methyl sites for hydroxylation is 2. The van der Waals surface area contributed by atoms with Gasteiger partial charge in [-0.2, -0.15) is 0 Å². The average Bonchev–Trinajstić information content (AvgIpc) is 3.20. The lowest BCUT2D eigenvalue weighted by molar-refractivity contribution is -0.121. The Balaban J connectivity index is 1.42. The highest BCUT2D eigenvalue weighted by molar-refractivity contribution is 7.15. The Kier molecular flexibility index (Phi) is 4.98. The normalized spacial score (nSPS) is 13.0. The molecule has 0 aliphatic carbocycles. The molecule has 29 heavy (non-hydrogen) atoms. The summed E-state index contributed by atoms with van der Waals surface area (Å²) in [6, 6.07) is 14.6. The maximum absolute atomic E-state index is 12.4. The lowest BCUT2D eigenvalue weighted by atomic mass is 10.1. The van der Waals surface area contributed by atoms with E-state index >= 15 is 0 Å². The van der Waals surface area contributed by atoms with E-state index in [1.165, 1.54) is 11.3 Å². The minimum absolute atomic E-state index is 0.297. The molecule has 3 aromatic rings. The molecule has 6 nitrogen and oxygen atoms in total. The van der Waals surface area contributed by atoms with Crippen LogP contribution in [0, 0.1) is 13.8 Å². The van der Waals surface area contributed by atoms with E-state index in [4.69, 9.17) is 0 Å². The molecule has 0 saturated heterocycles. The number of amides is 3. The van der Waals surface area contributed by atoms with Crippen LogP contribution >= 0.6 is 11.3 Å². The molecule has 2 heterocycles. The molecule has 0 fully saturated rings. The lowest BCUT2D eigenvalue weighted by Gasteiger charge is -2.13. The zero-order chi connectivity index (χ0) is 20.5. The van der Waals surface area contributed by atoms with Crippen molar-refractivity contribution in [2.75, 3.05) is 6.54 Å². The molecule has 0 unspecified atom stereocenters. The molecule has 0 spiro atoms. The van der Waals surface area contributed by atoms with E-state index < -0.39 is 11.8 Å². The molecule has 3 amide bonds. The third-order valence-electron chi connectivity index (χ3n) is 4.89. The van der Waals surface area contributed by atoms with Crippen molar-refractivity contribution >= 4 is 29.1 Å². The lowest BCUT2D eigenvalue weighted by Crippen LogP contribution is -2.40. The number of hydrogen-bond acceptors (Lipinski definition) is 5. The number of thiazole rings is 1. The maximum Gasteiger partial charge on any atom is 0.262 e. The number of rotatable bonds is 5. The van der Waals surface area contributed by atoms with E-state index in [2.05, 4.69) is 10.3 Å². The molecule has 7 heteroatoms. The van der Waals surface area contributed by atoms with Crippen molar-refractivity contribution in [3.8, 4) is 10.6 Å². The second-order valence-electron chi connectivity index (χ2n) is 6.86. The van der Waals surface area contributed by atoms with Gasteiger partial charge in [0, 0.05) is 10.4 Å². The minimum atomic E-state index is -0.434. The topological polar surface area (TPSA) is 79.4 Å². The number of nitrogens with zero attached hydrogens (tertiary/aromatic N) is 2. The van der Waals surface area contributed by atoms with Crippen LogP contribution in [0.1, 0.15) is 36.9 Å². The molecule has 0 saturated carbocycles. The van der Waals surface area contributed by atoms with Gasteiger partial charge in [0.25, 0.3) is 11.8 Å². The maximum atomic E-state index is 12.4. The average molecular weight is 405 g/mol. The van der Waals surface area contributed by atoms with Gasteiger partial charge in [0.2, 0.25) is 5.91 Å². The monoisotopic (exact) mass is 405 g/mol. The first-order valence-corrected chi connectivity index (χ1v) is 10.0. The first kappa shape index (κ1) is 19.0. The molecule has 4 rings (SSSR count). The molecule has 1 aliphatic rings. The van der Waals surface area contributed by atoms with Gasteiger partial charge in [-0.15, -0.1) is 11.3 Å². The third kappa shape index (κ3) is 3.56. The van der Waals surface area contributed by atoms with Gasteiger partial charge in [0.15, 0.2) is 0 Å². The van der Waals surface area contributed by atoms with E-state index in [0.29, 0.717) is 17.7 Å². The van der Waals surface area contributed by atoms with Crippen molar-refractivity contribution in [1.29, 1.82) is 0 Å². The highest BCUT2D eigenvalue weighted by atomic mass is 32.1. The molecule has 1 aromatic heterocycles. The number of imide groups is 1. The van der Waals surface area contributed by atoms with Crippen LogP contribution in [0.4, 0.5) is 0 Å². The smallest absolute Gasteiger partial charge is 0.262 e. The molecule has 0 radical (unpaired) electrons. The molecule has 1 N–H and O–H groups in total. The van der Waals surface area contributed by atoms with Crippen LogP contribution in [-0.2, 0) is 11.3 Å². The van der Waals surface area contributed by atoms with Gasteiger partial charge < -0.3 is 5.32 Å². The largest absolute Gasteiger partial charge is 0.350 e. The molecular weight excluding hydrogens is 386 g/mol. The van der Waals surface area contributed by atoms with Gasteiger partial charge in [0.05, 0.1) is 23.4 Å². The van der Waals surface area contributed by atoms with Crippen LogP contribution in [0.15, 0.2) is 48.5 Å². The SMILES string of the molecule is Cc1ccccc1-c1nc(C)c(CNC(=O)CN2C(=O)c3ccccc3C2=O)s1. The Morgan fingerprint density at radius 3 is 2.17 bits per heavy atom. The van der Waals surface area contributed by atoms with Crippen molar-refractivity contribution in [3.05, 3.63) is 75.8 Å². The molecule has 1 aliphatic heterocycles. The summed E-state index contributed by atoms with van der Waals surface area (Å²) < 4.78 is 0. The zero-order valence-electron chi connectivity index (χ0n) is 16.1. The number of hydrogen-bond donors (Lipinski definition) is 1. The first-order valence-electron chi connectivity index (χ1n) is 9.20. The summed E-state index contributed by atoms with van der Waals surface area (Å²) in [5.74, 6) is -1.25. The molecular formula is C22H19N3O3S. The molecule has 146 valence electrons. The van der Waals surface area contributed by atoms with Crippen molar-refractivity contribution in [3.63, 3.8) is 0 Å². The van der Waals surface area contributed by atoms with Crippen molar-refractivity contribution < 1.29 is 14.4 Å². The summed E-state index contributed by atoms with van der Waals surface area (Å²) in [6.45, 7) is 3.95. The van der Waals surface area contributed by atoms with E-state index in [0.717, 1.165) is 31.6 Å². The van der Waals surface area contributed by atoms with E-state index in [-0.39, 0.29) is 12.5 Å². The Bertz CT molecular complexity index is 1100. The van der Waals surface area contributed by atoms with Crippen LogP contribution in [0.25, 0.3) is 10.6 Å². The number of benzene rings is 2. The first-order chi connectivity index (χ1) is 14.0. The van der Waals surface area contributed by atoms with E-state index in [9.17, 15) is 14.4 Å². The Morgan fingerprint density at radius 2 is 1.55 bits per heavy atom. The standard InChI is InChI=1S/C22H19N3O3S/c1-13-7-3-4-8-15(13)20-24-14(2)18(29-20)11-23-19(26)12-25-21(27)16-9-5-6-10-17(16)22(25)28/h3-10H,11-12H2,1-2H3,(H,23,26). The fourth-order valence-electron chi connectivity index (χ4n) is 3.28. The van der Waals surface area contributed by atoms with Gasteiger partial charge in [-0.05, 0) is 31.5 Å². The summed E-state index contributed by atoms with van der Waals surface area (Å²) in [5, 5.41) is 3.71. The summed E-state index contributed by atoms with van der Waals surface area (Å²) in [6.07, 6.45) is 0. The number of fused-ring (bicyclic) bond motifs is 1. The molecule has 0 bridgehead atoms. The predicted octanol–water partition coefficient (Wildman–Crippen LogP) is 3.34. The van der Waals surface area contributed by atoms with E-state index in [1.807, 2.05) is 38.1 Å². The van der Waals surface area contributed by atoms with Gasteiger partial charge in [-0.3, -0.25) is 19.3 Å². The highest BCUT2D eigenvalue weighted by Crippen LogP contribution is 2.30. The third-order valence-corrected chi connectivity index (χ3v) is 6.08. The summed E-state index contributed by atoms with van der Waals surface area (Å²) in [4.78, 5) is 43.7. The predicted molar refractivity (Wildman–Crippen MR) is 111 cm³/mol. The van der Waals surface area contributed by atoms with Gasteiger partial charge in [-0.25, -0.2) is 4.98 Å². The minimum Gasteiger partial charge on any atom is -0.350 e. The van der Waals surface area contributed by atoms with Crippen LogP contribution in [0.3, 0.4) is 0 Å². The summed E-state index contributed by atoms with van der Waals surface area (Å²) in [5.41, 5.74) is 3.75. The van der Waals surface area contributed by atoms with Crippen LogP contribution in [0.5, 0.6) is 0 Å². The molecule has 2 aromatic carbocycles. The summed E-state index contributed by atoms with van der Waals surface area (Å²) in [7, 11) is 0. The second kappa shape index (κ2) is 7.60. The number of aromatic nitrogens is 1. The number of carbonyl (C=O) groups is 3. The Morgan fingerprint density at radius 1 is 0.966 bits per heavy atom. The zero-order valence-corrected chi connectivity index (χ0v) is 16.9. The van der Waals surface area contributed by atoms with E-state index in [1.54, 1.807) is 24.3 Å². The van der Waals surface area contributed by atoms with Gasteiger partial charge in [0.1, 0.15) is 11.6 Å². The molecule has 0 atom stereocenters. The number of nitrogens with one attached hydrogen (secondary N) is 1. The van der Waals surface area contributed by atoms with Crippen LogP contribution in [-0.4, -0.2) is 34.2 Å². The van der Waals surface area contributed by atoms with Crippen LogP contribution in [0.2, 0.25) is 0 Å². The van der Waals surface area contributed by atoms with Crippen LogP contribution < -0.4 is 5.32 Å². The number of carbonyl (C=O) groups excluding carboxylic acids is 3. The summed E-state index contributed by atoms with van der Waals surface area (Å²) >= 11 is 1.53. The fourth-order valence-corrected chi connectivity index (χ4v) is 4.37. The van der Waals surface area contributed by atoms with Gasteiger partial charge >= 0.3 is 0 Å². The van der Waals surface area contributed by atoms with Gasteiger partial charge in [-0.1, -0.05) is 36.4 Å². The Hall–Kier alpha value is -3.32. The second-order valence-corrected chi connectivity index (χ2v) is 7.94.